The van der Waals surface area contributed by atoms with E-state index in [1.54, 1.807) is 0 Å². The number of aromatic nitrogens is 4. The smallest absolute Gasteiger partial charge is 0.160 e. The summed E-state index contributed by atoms with van der Waals surface area (Å²) in [6.07, 6.45) is 6.04. The van der Waals surface area contributed by atoms with Crippen molar-refractivity contribution in [2.75, 3.05) is 0 Å². The summed E-state index contributed by atoms with van der Waals surface area (Å²) >= 11 is 0. The van der Waals surface area contributed by atoms with Gasteiger partial charge >= 0.3 is 0 Å². The number of para-hydroxylation sites is 2. The molecule has 0 bridgehead atoms. The molecule has 0 unspecified atom stereocenters. The van der Waals surface area contributed by atoms with Gasteiger partial charge in [-0.05, 0) is 77.7 Å². The van der Waals surface area contributed by atoms with E-state index < -0.39 is 0 Å². The minimum absolute atomic E-state index is 0.668. The molecule has 0 aliphatic rings. The predicted octanol–water partition coefficient (Wildman–Crippen LogP) is 17.0. The molecular formula is C65H46N4. The van der Waals surface area contributed by atoms with E-state index in [0.717, 1.165) is 78.4 Å². The molecule has 12 aromatic rings. The van der Waals surface area contributed by atoms with E-state index in [1.165, 1.54) is 38.4 Å². The number of nitrogens with zero attached hydrogens (tertiary/aromatic N) is 4. The summed E-state index contributed by atoms with van der Waals surface area (Å²) in [7, 11) is 0. The Kier molecular flexibility index (Phi) is 10.5. The molecule has 69 heavy (non-hydrogen) atoms. The molecule has 0 fully saturated rings. The fraction of sp³-hybridized carbons (Fsp3) is 0.0154. The molecule has 0 N–H and O–H groups in total. The third-order valence-corrected chi connectivity index (χ3v) is 13.3. The first-order valence-electron chi connectivity index (χ1n) is 23.4. The summed E-state index contributed by atoms with van der Waals surface area (Å²) in [5.41, 5.74) is 19.3. The van der Waals surface area contributed by atoms with Gasteiger partial charge in [0.05, 0.1) is 39.3 Å². The molecule has 0 atom stereocenters. The highest BCUT2D eigenvalue weighted by Gasteiger charge is 2.25. The van der Waals surface area contributed by atoms with Crippen LogP contribution in [0.2, 0.25) is 0 Å². The van der Waals surface area contributed by atoms with E-state index in [-0.39, 0.29) is 0 Å². The average molecular weight is 883 g/mol. The molecule has 9 aromatic carbocycles. The maximum Gasteiger partial charge on any atom is 0.160 e. The Labute approximate surface area is 402 Å². The van der Waals surface area contributed by atoms with Gasteiger partial charge in [-0.15, -0.1) is 0 Å². The second-order valence-electron chi connectivity index (χ2n) is 17.4. The SMILES string of the molecule is C=C/C=C\c1c(C)n(-c2ccccc2-c2c(-c3cc(-c4ccccc4)nc(-c4ccccc4)n3)cccc2-n2c3ccc(-c4ccccc4)cc3c3cc(-c4ccccc4)ccc32)c2ccccc12. The second kappa shape index (κ2) is 17.6. The zero-order valence-electron chi connectivity index (χ0n) is 38.2. The van der Waals surface area contributed by atoms with Gasteiger partial charge in [0.2, 0.25) is 0 Å². The molecule has 4 nitrogen and oxygen atoms in total. The van der Waals surface area contributed by atoms with Crippen molar-refractivity contribution in [1.82, 2.24) is 19.1 Å². The third kappa shape index (κ3) is 7.36. The number of rotatable bonds is 10. The Morgan fingerprint density at radius 3 is 1.54 bits per heavy atom. The van der Waals surface area contributed by atoms with Crippen LogP contribution < -0.4 is 0 Å². The summed E-state index contributed by atoms with van der Waals surface area (Å²) in [6.45, 7) is 6.22. The predicted molar refractivity (Wildman–Crippen MR) is 290 cm³/mol. The van der Waals surface area contributed by atoms with Crippen molar-refractivity contribution in [2.24, 2.45) is 0 Å². The quantitative estimate of drug-likeness (QED) is 0.128. The Bertz CT molecular complexity index is 3740. The van der Waals surface area contributed by atoms with Gasteiger partial charge in [-0.25, -0.2) is 9.97 Å². The maximum absolute atomic E-state index is 5.49. The van der Waals surface area contributed by atoms with Crippen molar-refractivity contribution in [1.29, 1.82) is 0 Å². The molecule has 0 amide bonds. The molecule has 0 aliphatic heterocycles. The van der Waals surface area contributed by atoms with E-state index >= 15 is 0 Å². The Balaban J connectivity index is 1.20. The van der Waals surface area contributed by atoms with Gasteiger partial charge in [0, 0.05) is 55.2 Å². The summed E-state index contributed by atoms with van der Waals surface area (Å²) in [4.78, 5) is 10.7. The van der Waals surface area contributed by atoms with Crippen molar-refractivity contribution in [3.8, 4) is 78.7 Å². The van der Waals surface area contributed by atoms with E-state index in [1.807, 2.05) is 36.4 Å². The Morgan fingerprint density at radius 2 is 0.899 bits per heavy atom. The van der Waals surface area contributed by atoms with Crippen molar-refractivity contribution in [3.05, 3.63) is 261 Å². The van der Waals surface area contributed by atoms with Crippen LogP contribution in [0.15, 0.2) is 249 Å². The molecule has 4 heteroatoms. The molecule has 0 saturated heterocycles. The van der Waals surface area contributed by atoms with Crippen LogP contribution in [0.25, 0.3) is 117 Å². The molecule has 3 heterocycles. The minimum atomic E-state index is 0.668. The summed E-state index contributed by atoms with van der Waals surface area (Å²) < 4.78 is 4.89. The second-order valence-corrected chi connectivity index (χ2v) is 17.4. The molecule has 3 aromatic heterocycles. The summed E-state index contributed by atoms with van der Waals surface area (Å²) in [5, 5.41) is 3.54. The lowest BCUT2D eigenvalue weighted by Crippen LogP contribution is -2.05. The minimum Gasteiger partial charge on any atom is -0.313 e. The normalized spacial score (nSPS) is 11.6. The summed E-state index contributed by atoms with van der Waals surface area (Å²) in [6, 6.07) is 82.3. The molecule has 326 valence electrons. The highest BCUT2D eigenvalue weighted by Crippen LogP contribution is 2.46. The zero-order valence-corrected chi connectivity index (χ0v) is 38.2. The van der Waals surface area contributed by atoms with Gasteiger partial charge < -0.3 is 9.13 Å². The highest BCUT2D eigenvalue weighted by molar-refractivity contribution is 6.13. The molecule has 0 radical (unpaired) electrons. The first-order valence-corrected chi connectivity index (χ1v) is 23.4. The zero-order chi connectivity index (χ0) is 46.3. The van der Waals surface area contributed by atoms with Crippen LogP contribution in [-0.4, -0.2) is 19.1 Å². The lowest BCUT2D eigenvalue weighted by atomic mass is 9.93. The Morgan fingerprint density at radius 1 is 0.391 bits per heavy atom. The number of fused-ring (bicyclic) bond motifs is 4. The van der Waals surface area contributed by atoms with Crippen LogP contribution in [0, 0.1) is 6.92 Å². The van der Waals surface area contributed by atoms with E-state index in [0.29, 0.717) is 5.82 Å². The topological polar surface area (TPSA) is 35.6 Å². The standard InChI is InChI=1S/C65H46N4/c1-3-4-30-51-44(2)68(59-34-19-17-31-52(51)59)60-35-20-18-32-54(60)64-53(58-43-57(47-26-13-7-14-27-47)66-65(67-58)48-28-15-8-16-29-48)33-21-36-63(64)69-61-39-37-49(45-22-9-5-10-23-45)41-55(61)56-42-50(38-40-62(56)69)46-24-11-6-12-25-46/h3-43H,1H2,2H3/b30-4-. The fourth-order valence-electron chi connectivity index (χ4n) is 10.1. The van der Waals surface area contributed by atoms with Crippen molar-refractivity contribution >= 4 is 38.8 Å². The van der Waals surface area contributed by atoms with Crippen molar-refractivity contribution in [2.45, 2.75) is 6.92 Å². The summed E-state index contributed by atoms with van der Waals surface area (Å²) in [5.74, 6) is 0.668. The van der Waals surface area contributed by atoms with Crippen LogP contribution in [0.4, 0.5) is 0 Å². The average Bonchev–Trinajstić information content (AvgIpc) is 3.90. The van der Waals surface area contributed by atoms with Crippen LogP contribution in [0.3, 0.4) is 0 Å². The lowest BCUT2D eigenvalue weighted by molar-refractivity contribution is 1.05. The van der Waals surface area contributed by atoms with E-state index in [9.17, 15) is 0 Å². The number of benzene rings is 9. The number of hydrogen-bond acceptors (Lipinski definition) is 2. The third-order valence-electron chi connectivity index (χ3n) is 13.3. The van der Waals surface area contributed by atoms with Crippen molar-refractivity contribution in [3.63, 3.8) is 0 Å². The first-order chi connectivity index (χ1) is 34.1. The van der Waals surface area contributed by atoms with Crippen LogP contribution in [0.5, 0.6) is 0 Å². The molecule has 12 rings (SSSR count). The molecular weight excluding hydrogens is 837 g/mol. The van der Waals surface area contributed by atoms with Gasteiger partial charge in [-0.3, -0.25) is 0 Å². The van der Waals surface area contributed by atoms with E-state index in [2.05, 4.69) is 235 Å². The van der Waals surface area contributed by atoms with Gasteiger partial charge in [0.1, 0.15) is 0 Å². The van der Waals surface area contributed by atoms with E-state index in [4.69, 9.17) is 9.97 Å². The van der Waals surface area contributed by atoms with Gasteiger partial charge in [0.15, 0.2) is 5.82 Å². The first kappa shape index (κ1) is 41.3. The van der Waals surface area contributed by atoms with Gasteiger partial charge in [0.25, 0.3) is 0 Å². The van der Waals surface area contributed by atoms with Gasteiger partial charge in [-0.1, -0.05) is 207 Å². The molecule has 0 spiro atoms. The number of allylic oxidation sites excluding steroid dienone is 2. The Hall–Kier alpha value is -9.12. The number of hydrogen-bond donors (Lipinski definition) is 0. The lowest BCUT2D eigenvalue weighted by Gasteiger charge is -2.22. The fourth-order valence-corrected chi connectivity index (χ4v) is 10.1. The maximum atomic E-state index is 5.49. The van der Waals surface area contributed by atoms with Crippen LogP contribution >= 0.6 is 0 Å². The van der Waals surface area contributed by atoms with Gasteiger partial charge in [-0.2, -0.15) is 0 Å². The largest absolute Gasteiger partial charge is 0.313 e. The highest BCUT2D eigenvalue weighted by atomic mass is 15.0. The van der Waals surface area contributed by atoms with Crippen LogP contribution in [0.1, 0.15) is 11.3 Å². The molecule has 0 aliphatic carbocycles. The van der Waals surface area contributed by atoms with Crippen molar-refractivity contribution < 1.29 is 0 Å². The van der Waals surface area contributed by atoms with Crippen LogP contribution in [-0.2, 0) is 0 Å². The molecule has 0 saturated carbocycles. The monoisotopic (exact) mass is 882 g/mol.